The van der Waals surface area contributed by atoms with Gasteiger partial charge in [0.1, 0.15) is 5.75 Å². The minimum atomic E-state index is -1.71. The number of benzene rings is 1. The SMILES string of the molecule is CC(C)(C)c1ccc(OC(Cl)(Cl)Cl)cc1. The highest BCUT2D eigenvalue weighted by Crippen LogP contribution is 2.31. The van der Waals surface area contributed by atoms with Gasteiger partial charge in [0.2, 0.25) is 0 Å². The minimum Gasteiger partial charge on any atom is -0.446 e. The fraction of sp³-hybridized carbons (Fsp3) is 0.455. The van der Waals surface area contributed by atoms with Crippen molar-refractivity contribution in [3.05, 3.63) is 29.8 Å². The Morgan fingerprint density at radius 1 is 0.933 bits per heavy atom. The second-order valence-electron chi connectivity index (χ2n) is 4.32. The molecular weight excluding hydrogens is 254 g/mol. The largest absolute Gasteiger partial charge is 0.446 e. The maximum Gasteiger partial charge on any atom is 0.338 e. The van der Waals surface area contributed by atoms with Crippen LogP contribution in [-0.2, 0) is 5.41 Å². The van der Waals surface area contributed by atoms with Crippen molar-refractivity contribution in [2.75, 3.05) is 0 Å². The summed E-state index contributed by atoms with van der Waals surface area (Å²) in [5.74, 6) is 0.544. The van der Waals surface area contributed by atoms with Crippen LogP contribution in [0.15, 0.2) is 24.3 Å². The van der Waals surface area contributed by atoms with Crippen molar-refractivity contribution in [1.82, 2.24) is 0 Å². The molecule has 0 aromatic heterocycles. The van der Waals surface area contributed by atoms with E-state index in [2.05, 4.69) is 20.8 Å². The van der Waals surface area contributed by atoms with E-state index in [4.69, 9.17) is 39.5 Å². The van der Waals surface area contributed by atoms with Crippen molar-refractivity contribution in [3.63, 3.8) is 0 Å². The van der Waals surface area contributed by atoms with E-state index in [-0.39, 0.29) is 5.41 Å². The van der Waals surface area contributed by atoms with E-state index < -0.39 is 3.98 Å². The van der Waals surface area contributed by atoms with Crippen LogP contribution in [0.3, 0.4) is 0 Å². The van der Waals surface area contributed by atoms with Crippen LogP contribution in [0.5, 0.6) is 5.75 Å². The molecule has 0 aliphatic heterocycles. The summed E-state index contributed by atoms with van der Waals surface area (Å²) in [5, 5.41) is 0. The summed E-state index contributed by atoms with van der Waals surface area (Å²) < 4.78 is 3.36. The molecule has 0 saturated carbocycles. The summed E-state index contributed by atoms with van der Waals surface area (Å²) in [6.07, 6.45) is 0. The lowest BCUT2D eigenvalue weighted by atomic mass is 9.87. The molecule has 0 aliphatic rings. The Hall–Kier alpha value is -0.110. The van der Waals surface area contributed by atoms with E-state index in [1.165, 1.54) is 5.56 Å². The van der Waals surface area contributed by atoms with Crippen LogP contribution in [0.4, 0.5) is 0 Å². The molecule has 0 heterocycles. The van der Waals surface area contributed by atoms with Crippen molar-refractivity contribution in [2.24, 2.45) is 0 Å². The van der Waals surface area contributed by atoms with Gasteiger partial charge < -0.3 is 4.74 Å². The molecule has 0 bridgehead atoms. The van der Waals surface area contributed by atoms with Gasteiger partial charge >= 0.3 is 3.98 Å². The van der Waals surface area contributed by atoms with Gasteiger partial charge in [0.05, 0.1) is 0 Å². The van der Waals surface area contributed by atoms with Gasteiger partial charge in [-0.05, 0) is 57.9 Å². The first-order valence-corrected chi connectivity index (χ1v) is 5.68. The lowest BCUT2D eigenvalue weighted by molar-refractivity contribution is 0.320. The zero-order valence-electron chi connectivity index (χ0n) is 8.85. The maximum absolute atomic E-state index is 5.51. The Morgan fingerprint density at radius 3 is 1.73 bits per heavy atom. The molecule has 0 spiro atoms. The van der Waals surface area contributed by atoms with E-state index >= 15 is 0 Å². The molecule has 0 fully saturated rings. The van der Waals surface area contributed by atoms with Crippen LogP contribution < -0.4 is 4.74 Å². The number of alkyl halides is 3. The summed E-state index contributed by atoms with van der Waals surface area (Å²) in [5.41, 5.74) is 1.32. The fourth-order valence-corrected chi connectivity index (χ4v) is 1.42. The first kappa shape index (κ1) is 13.0. The van der Waals surface area contributed by atoms with Gasteiger partial charge in [0.25, 0.3) is 0 Å². The minimum absolute atomic E-state index is 0.110. The Morgan fingerprint density at radius 2 is 1.40 bits per heavy atom. The summed E-state index contributed by atoms with van der Waals surface area (Å²) in [4.78, 5) is 0. The Kier molecular flexibility index (Phi) is 3.80. The lowest BCUT2D eigenvalue weighted by Gasteiger charge is -2.20. The first-order chi connectivity index (χ1) is 6.68. The molecule has 84 valence electrons. The number of rotatable bonds is 1. The number of hydrogen-bond acceptors (Lipinski definition) is 1. The number of ether oxygens (including phenoxy) is 1. The average Bonchev–Trinajstić information content (AvgIpc) is 2.00. The molecule has 0 amide bonds. The highest BCUT2D eigenvalue weighted by molar-refractivity contribution is 6.66. The quantitative estimate of drug-likeness (QED) is 0.671. The topological polar surface area (TPSA) is 9.23 Å². The zero-order valence-corrected chi connectivity index (χ0v) is 11.1. The predicted octanol–water partition coefficient (Wildman–Crippen LogP) is 4.69. The van der Waals surface area contributed by atoms with Gasteiger partial charge in [-0.25, -0.2) is 0 Å². The number of halogens is 3. The van der Waals surface area contributed by atoms with Gasteiger partial charge in [-0.3, -0.25) is 0 Å². The van der Waals surface area contributed by atoms with Crippen LogP contribution in [0.2, 0.25) is 0 Å². The fourth-order valence-electron chi connectivity index (χ4n) is 1.16. The van der Waals surface area contributed by atoms with Crippen molar-refractivity contribution in [2.45, 2.75) is 30.2 Å². The van der Waals surface area contributed by atoms with Crippen LogP contribution in [0.25, 0.3) is 0 Å². The summed E-state index contributed by atoms with van der Waals surface area (Å²) in [7, 11) is 0. The highest BCUT2D eigenvalue weighted by Gasteiger charge is 2.22. The third-order valence-corrected chi connectivity index (χ3v) is 2.19. The van der Waals surface area contributed by atoms with Crippen LogP contribution >= 0.6 is 34.8 Å². The molecule has 1 rings (SSSR count). The van der Waals surface area contributed by atoms with Crippen molar-refractivity contribution < 1.29 is 4.74 Å². The monoisotopic (exact) mass is 266 g/mol. The predicted molar refractivity (Wildman–Crippen MR) is 66.1 cm³/mol. The van der Waals surface area contributed by atoms with Gasteiger partial charge in [-0.15, -0.1) is 0 Å². The summed E-state index contributed by atoms with van der Waals surface area (Å²) in [6.45, 7) is 6.41. The van der Waals surface area contributed by atoms with Crippen molar-refractivity contribution in [1.29, 1.82) is 0 Å². The molecule has 0 N–H and O–H groups in total. The van der Waals surface area contributed by atoms with E-state index in [1.54, 1.807) is 12.1 Å². The van der Waals surface area contributed by atoms with Crippen molar-refractivity contribution >= 4 is 34.8 Å². The second kappa shape index (κ2) is 4.40. The molecule has 0 aliphatic carbocycles. The van der Waals surface area contributed by atoms with E-state index in [1.807, 2.05) is 12.1 Å². The molecule has 1 nitrogen and oxygen atoms in total. The molecule has 4 heteroatoms. The first-order valence-electron chi connectivity index (χ1n) is 4.55. The van der Waals surface area contributed by atoms with Crippen molar-refractivity contribution in [3.8, 4) is 5.75 Å². The maximum atomic E-state index is 5.51. The molecule has 0 unspecified atom stereocenters. The number of hydrogen-bond donors (Lipinski definition) is 0. The van der Waals surface area contributed by atoms with E-state index in [9.17, 15) is 0 Å². The summed E-state index contributed by atoms with van der Waals surface area (Å²) in [6, 6.07) is 7.52. The second-order valence-corrected chi connectivity index (χ2v) is 6.50. The van der Waals surface area contributed by atoms with Crippen LogP contribution in [0, 0.1) is 0 Å². The molecule has 0 saturated heterocycles. The standard InChI is InChI=1S/C11H13Cl3O/c1-10(2,3)8-4-6-9(7-5-8)15-11(12,13)14/h4-7H,1-3H3. The lowest BCUT2D eigenvalue weighted by Crippen LogP contribution is -2.13. The molecular formula is C11H13Cl3O. The van der Waals surface area contributed by atoms with Gasteiger partial charge in [0, 0.05) is 0 Å². The summed E-state index contributed by atoms with van der Waals surface area (Å²) >= 11 is 16.5. The van der Waals surface area contributed by atoms with E-state index in [0.717, 1.165) is 0 Å². The van der Waals surface area contributed by atoms with Gasteiger partial charge in [-0.1, -0.05) is 32.9 Å². The average molecular weight is 268 g/mol. The Labute approximate surface area is 105 Å². The third-order valence-electron chi connectivity index (χ3n) is 1.95. The molecule has 1 aromatic rings. The van der Waals surface area contributed by atoms with E-state index in [0.29, 0.717) is 5.75 Å². The smallest absolute Gasteiger partial charge is 0.338 e. The van der Waals surface area contributed by atoms with Gasteiger partial charge in [-0.2, -0.15) is 0 Å². The Bertz CT molecular complexity index is 319. The van der Waals surface area contributed by atoms with Crippen LogP contribution in [-0.4, -0.2) is 3.98 Å². The normalized spacial score (nSPS) is 12.7. The molecule has 0 atom stereocenters. The zero-order chi connectivity index (χ0) is 11.7. The van der Waals surface area contributed by atoms with Gasteiger partial charge in [0.15, 0.2) is 0 Å². The molecule has 1 aromatic carbocycles. The third kappa shape index (κ3) is 4.50. The van der Waals surface area contributed by atoms with Crippen LogP contribution in [0.1, 0.15) is 26.3 Å². The molecule has 15 heavy (non-hydrogen) atoms. The highest BCUT2D eigenvalue weighted by atomic mass is 35.6. The Balaban J connectivity index is 2.82. The molecule has 0 radical (unpaired) electrons.